The summed E-state index contributed by atoms with van der Waals surface area (Å²) in [6.45, 7) is 5.07. The highest BCUT2D eigenvalue weighted by molar-refractivity contribution is 5.82. The van der Waals surface area contributed by atoms with Gasteiger partial charge in [-0.3, -0.25) is 0 Å². The van der Waals surface area contributed by atoms with Gasteiger partial charge in [0.1, 0.15) is 6.04 Å². The van der Waals surface area contributed by atoms with E-state index in [1.165, 1.54) is 18.9 Å². The third-order valence-corrected chi connectivity index (χ3v) is 3.43. The van der Waals surface area contributed by atoms with Gasteiger partial charge in [0.15, 0.2) is 0 Å². The fourth-order valence-corrected chi connectivity index (χ4v) is 2.21. The maximum absolute atomic E-state index is 11.6. The Balaban J connectivity index is 2.33. The fraction of sp³-hybridized carbons (Fsp3) is 0.692. The molecule has 0 spiro atoms. The number of piperidine rings is 1. The molecule has 1 saturated heterocycles. The molecule has 0 radical (unpaired) electrons. The van der Waals surface area contributed by atoms with Gasteiger partial charge < -0.3 is 20.6 Å². The molecule has 1 aliphatic heterocycles. The van der Waals surface area contributed by atoms with Crippen LogP contribution in [0.3, 0.4) is 0 Å². The predicted octanol–water partition coefficient (Wildman–Crippen LogP) is 0.799. The van der Waals surface area contributed by atoms with Crippen molar-refractivity contribution >= 4 is 12.0 Å². The highest BCUT2D eigenvalue weighted by Gasteiger charge is 2.21. The Hall–Kier alpha value is -1.56. The Morgan fingerprint density at radius 3 is 2.84 bits per heavy atom. The largest absolute Gasteiger partial charge is 0.480 e. The van der Waals surface area contributed by atoms with Gasteiger partial charge in [0.05, 0.1) is 0 Å². The molecule has 0 saturated carbocycles. The van der Waals surface area contributed by atoms with Gasteiger partial charge in [0.25, 0.3) is 0 Å². The molecule has 2 unspecified atom stereocenters. The van der Waals surface area contributed by atoms with E-state index in [0.29, 0.717) is 12.6 Å². The van der Waals surface area contributed by atoms with Crippen molar-refractivity contribution in [2.75, 3.05) is 20.1 Å². The van der Waals surface area contributed by atoms with Crippen LogP contribution < -0.4 is 10.6 Å². The zero-order valence-corrected chi connectivity index (χ0v) is 11.4. The van der Waals surface area contributed by atoms with Crippen molar-refractivity contribution in [2.45, 2.75) is 37.8 Å². The molecule has 0 aromatic rings. The third kappa shape index (κ3) is 5.30. The van der Waals surface area contributed by atoms with Gasteiger partial charge in [-0.25, -0.2) is 9.59 Å². The highest BCUT2D eigenvalue weighted by atomic mass is 16.4. The van der Waals surface area contributed by atoms with E-state index in [-0.39, 0.29) is 6.42 Å². The van der Waals surface area contributed by atoms with Crippen LogP contribution >= 0.6 is 0 Å². The number of aliphatic carboxylic acids is 1. The Morgan fingerprint density at radius 2 is 2.26 bits per heavy atom. The van der Waals surface area contributed by atoms with Crippen LogP contribution in [0, 0.1) is 0 Å². The minimum Gasteiger partial charge on any atom is -0.480 e. The molecule has 1 rings (SSSR count). The number of carbonyl (C=O) groups excluding carboxylic acids is 1. The number of nitrogens with one attached hydrogen (secondary N) is 2. The van der Waals surface area contributed by atoms with Gasteiger partial charge in [-0.15, -0.1) is 6.58 Å². The van der Waals surface area contributed by atoms with E-state index in [4.69, 9.17) is 5.11 Å². The first-order valence-electron chi connectivity index (χ1n) is 6.63. The van der Waals surface area contributed by atoms with E-state index in [1.807, 2.05) is 7.05 Å². The molecule has 0 aliphatic carbocycles. The van der Waals surface area contributed by atoms with Crippen molar-refractivity contribution < 1.29 is 14.7 Å². The van der Waals surface area contributed by atoms with Crippen molar-refractivity contribution in [3.8, 4) is 0 Å². The van der Waals surface area contributed by atoms with Crippen LogP contribution in [0.1, 0.15) is 25.7 Å². The lowest BCUT2D eigenvalue weighted by Gasteiger charge is -2.32. The molecule has 19 heavy (non-hydrogen) atoms. The lowest BCUT2D eigenvalue weighted by Crippen LogP contribution is -2.50. The molecule has 2 atom stereocenters. The number of likely N-dealkylation sites (N-methyl/N-ethyl adjacent to an activating group) is 1. The summed E-state index contributed by atoms with van der Waals surface area (Å²) in [5.41, 5.74) is 0. The van der Waals surface area contributed by atoms with Crippen molar-refractivity contribution in [3.05, 3.63) is 12.7 Å². The maximum Gasteiger partial charge on any atom is 0.326 e. The third-order valence-electron chi connectivity index (χ3n) is 3.43. The lowest BCUT2D eigenvalue weighted by atomic mass is 10.0. The number of rotatable bonds is 6. The molecule has 1 heterocycles. The average Bonchev–Trinajstić information content (AvgIpc) is 2.37. The van der Waals surface area contributed by atoms with E-state index in [1.54, 1.807) is 0 Å². The summed E-state index contributed by atoms with van der Waals surface area (Å²) in [5, 5.41) is 14.1. The standard InChI is InChI=1S/C13H23N3O3/c1-3-6-11(12(17)18)15-13(19)14-9-10-7-4-5-8-16(10)2/h3,10-11H,1,4-9H2,2H3,(H,17,18)(H2,14,15,19). The first-order valence-corrected chi connectivity index (χ1v) is 6.63. The number of urea groups is 1. The quantitative estimate of drug-likeness (QED) is 0.623. The second-order valence-corrected chi connectivity index (χ2v) is 4.90. The Labute approximate surface area is 113 Å². The van der Waals surface area contributed by atoms with Crippen LogP contribution in [-0.2, 0) is 4.79 Å². The van der Waals surface area contributed by atoms with Crippen molar-refractivity contribution in [3.63, 3.8) is 0 Å². The summed E-state index contributed by atoms with van der Waals surface area (Å²) in [5.74, 6) is -1.05. The van der Waals surface area contributed by atoms with Crippen LogP contribution in [0.5, 0.6) is 0 Å². The molecule has 1 aliphatic rings. The van der Waals surface area contributed by atoms with Gasteiger partial charge in [0, 0.05) is 12.6 Å². The molecular formula is C13H23N3O3. The molecule has 3 N–H and O–H groups in total. The van der Waals surface area contributed by atoms with Crippen molar-refractivity contribution in [1.29, 1.82) is 0 Å². The lowest BCUT2D eigenvalue weighted by molar-refractivity contribution is -0.139. The summed E-state index contributed by atoms with van der Waals surface area (Å²) in [6, 6.07) is -1.02. The molecular weight excluding hydrogens is 246 g/mol. The SMILES string of the molecule is C=CCC(NC(=O)NCC1CCCCN1C)C(=O)O. The molecule has 0 aromatic carbocycles. The van der Waals surface area contributed by atoms with Gasteiger partial charge in [-0.1, -0.05) is 12.5 Å². The number of carboxylic acid groups (broad SMARTS) is 1. The number of nitrogens with zero attached hydrogens (tertiary/aromatic N) is 1. The number of hydrogen-bond acceptors (Lipinski definition) is 3. The van der Waals surface area contributed by atoms with E-state index < -0.39 is 18.0 Å². The highest BCUT2D eigenvalue weighted by Crippen LogP contribution is 2.13. The predicted molar refractivity (Wildman–Crippen MR) is 73.0 cm³/mol. The fourth-order valence-electron chi connectivity index (χ4n) is 2.21. The minimum absolute atomic E-state index is 0.214. The minimum atomic E-state index is -1.05. The topological polar surface area (TPSA) is 81.7 Å². The number of carbonyl (C=O) groups is 2. The summed E-state index contributed by atoms with van der Waals surface area (Å²) >= 11 is 0. The Morgan fingerprint density at radius 1 is 1.53 bits per heavy atom. The number of hydrogen-bond donors (Lipinski definition) is 3. The van der Waals surface area contributed by atoms with E-state index in [2.05, 4.69) is 22.1 Å². The summed E-state index contributed by atoms with van der Waals surface area (Å²) in [4.78, 5) is 24.8. The molecule has 2 amide bonds. The van der Waals surface area contributed by atoms with Crippen LogP contribution in [0.25, 0.3) is 0 Å². The van der Waals surface area contributed by atoms with E-state index >= 15 is 0 Å². The zero-order chi connectivity index (χ0) is 14.3. The average molecular weight is 269 g/mol. The second-order valence-electron chi connectivity index (χ2n) is 4.90. The molecule has 1 fully saturated rings. The van der Waals surface area contributed by atoms with Crippen LogP contribution in [-0.4, -0.2) is 54.2 Å². The summed E-state index contributed by atoms with van der Waals surface area (Å²) in [7, 11) is 2.04. The smallest absolute Gasteiger partial charge is 0.326 e. The van der Waals surface area contributed by atoms with Gasteiger partial charge >= 0.3 is 12.0 Å². The van der Waals surface area contributed by atoms with Gasteiger partial charge in [-0.05, 0) is 32.9 Å². The molecule has 0 bridgehead atoms. The Bertz CT molecular complexity index is 333. The maximum atomic E-state index is 11.6. The van der Waals surface area contributed by atoms with Crippen molar-refractivity contribution in [1.82, 2.24) is 15.5 Å². The van der Waals surface area contributed by atoms with Gasteiger partial charge in [0.2, 0.25) is 0 Å². The molecule has 6 nitrogen and oxygen atoms in total. The van der Waals surface area contributed by atoms with Crippen LogP contribution in [0.4, 0.5) is 4.79 Å². The van der Waals surface area contributed by atoms with Crippen LogP contribution in [0.15, 0.2) is 12.7 Å². The number of carboxylic acids is 1. The van der Waals surface area contributed by atoms with E-state index in [0.717, 1.165) is 13.0 Å². The van der Waals surface area contributed by atoms with Gasteiger partial charge in [-0.2, -0.15) is 0 Å². The normalized spacial score (nSPS) is 21.4. The number of amides is 2. The van der Waals surface area contributed by atoms with E-state index in [9.17, 15) is 9.59 Å². The number of likely N-dealkylation sites (tertiary alicyclic amines) is 1. The summed E-state index contributed by atoms with van der Waals surface area (Å²) in [6.07, 6.45) is 5.12. The molecule has 108 valence electrons. The second kappa shape index (κ2) is 7.78. The summed E-state index contributed by atoms with van der Waals surface area (Å²) < 4.78 is 0. The monoisotopic (exact) mass is 269 g/mol. The first kappa shape index (κ1) is 15.5. The van der Waals surface area contributed by atoms with Crippen LogP contribution in [0.2, 0.25) is 0 Å². The first-order chi connectivity index (χ1) is 9.04. The molecule has 0 aromatic heterocycles. The Kier molecular flexibility index (Phi) is 6.35. The van der Waals surface area contributed by atoms with Crippen molar-refractivity contribution in [2.24, 2.45) is 0 Å². The molecule has 6 heteroatoms. The zero-order valence-electron chi connectivity index (χ0n) is 11.4.